The van der Waals surface area contributed by atoms with Gasteiger partial charge in [-0.15, -0.1) is 0 Å². The predicted octanol–water partition coefficient (Wildman–Crippen LogP) is 4.70. The van der Waals surface area contributed by atoms with E-state index >= 15 is 0 Å². The van der Waals surface area contributed by atoms with Crippen molar-refractivity contribution in [2.24, 2.45) is 0 Å². The number of fused-ring (bicyclic) bond motifs is 1. The minimum absolute atomic E-state index is 0.164. The van der Waals surface area contributed by atoms with Gasteiger partial charge in [-0.05, 0) is 60.2 Å². The molecule has 1 N–H and O–H groups in total. The zero-order chi connectivity index (χ0) is 21.4. The lowest BCUT2D eigenvalue weighted by atomic mass is 9.96. The van der Waals surface area contributed by atoms with E-state index in [4.69, 9.17) is 9.78 Å². The number of rotatable bonds is 5. The molecule has 3 aromatic carbocycles. The molecule has 6 heteroatoms. The van der Waals surface area contributed by atoms with E-state index in [1.165, 1.54) is 0 Å². The van der Waals surface area contributed by atoms with E-state index < -0.39 is 6.09 Å². The molecule has 0 aromatic heterocycles. The number of benzene rings is 3. The molecule has 1 saturated carbocycles. The molecule has 6 nitrogen and oxygen atoms in total. The summed E-state index contributed by atoms with van der Waals surface area (Å²) in [5.74, 6) is 0.155. The molecule has 0 spiro atoms. The summed E-state index contributed by atoms with van der Waals surface area (Å²) < 4.78 is 0. The van der Waals surface area contributed by atoms with Gasteiger partial charge in [0.1, 0.15) is 0 Å². The number of carbonyl (C=O) groups excluding carboxylic acids is 2. The van der Waals surface area contributed by atoms with Crippen LogP contribution in [0.2, 0.25) is 0 Å². The Labute approximate surface area is 180 Å². The van der Waals surface area contributed by atoms with Crippen LogP contribution in [-0.2, 0) is 10.4 Å². The highest BCUT2D eigenvalue weighted by molar-refractivity contribution is 5.97. The third-order valence-corrected chi connectivity index (χ3v) is 6.19. The number of hydrogen-bond donors (Lipinski definition) is 1. The summed E-state index contributed by atoms with van der Waals surface area (Å²) >= 11 is 0. The zero-order valence-corrected chi connectivity index (χ0v) is 17.4. The number of likely N-dealkylation sites (tertiary alicyclic amines) is 1. The van der Waals surface area contributed by atoms with E-state index in [1.807, 2.05) is 25.1 Å². The Hall–Kier alpha value is -3.54. The van der Waals surface area contributed by atoms with E-state index in [2.05, 4.69) is 29.6 Å². The van der Waals surface area contributed by atoms with Gasteiger partial charge in [0.05, 0.1) is 5.54 Å². The molecule has 0 atom stereocenters. The van der Waals surface area contributed by atoms with E-state index in [0.717, 1.165) is 41.2 Å². The van der Waals surface area contributed by atoms with Crippen LogP contribution < -0.4 is 10.2 Å². The van der Waals surface area contributed by atoms with Crippen molar-refractivity contribution in [2.75, 3.05) is 13.1 Å². The molecule has 1 saturated heterocycles. The van der Waals surface area contributed by atoms with Crippen LogP contribution in [0, 0.1) is 6.92 Å². The van der Waals surface area contributed by atoms with Crippen LogP contribution in [-0.4, -0.2) is 30.0 Å². The van der Waals surface area contributed by atoms with E-state index in [9.17, 15) is 9.59 Å². The smallest absolute Gasteiger partial charge is 0.342 e. The van der Waals surface area contributed by atoms with Crippen LogP contribution in [0.25, 0.3) is 10.8 Å². The van der Waals surface area contributed by atoms with Gasteiger partial charge in [-0.25, -0.2) is 9.68 Å². The highest BCUT2D eigenvalue weighted by atomic mass is 17.2. The average Bonchev–Trinajstić information content (AvgIpc) is 3.51. The van der Waals surface area contributed by atoms with Crippen molar-refractivity contribution in [1.29, 1.82) is 0 Å². The first-order valence-corrected chi connectivity index (χ1v) is 10.6. The lowest BCUT2D eigenvalue weighted by Gasteiger charge is -2.28. The van der Waals surface area contributed by atoms with Crippen LogP contribution >= 0.6 is 0 Å². The molecule has 3 aromatic rings. The highest BCUT2D eigenvalue weighted by Gasteiger charge is 2.46. The molecule has 2 fully saturated rings. The minimum Gasteiger partial charge on any atom is -0.342 e. The molecule has 0 radical (unpaired) electrons. The SMILES string of the molecule is Cc1ccc(OOC(=O)N2CCC2)cc1C(=O)NC1(c2cccc3ccccc23)CC1. The third-order valence-electron chi connectivity index (χ3n) is 6.19. The molecule has 158 valence electrons. The predicted molar refractivity (Wildman–Crippen MR) is 117 cm³/mol. The lowest BCUT2D eigenvalue weighted by Crippen LogP contribution is -2.42. The Balaban J connectivity index is 1.34. The molecule has 0 bridgehead atoms. The number of hydrogen-bond acceptors (Lipinski definition) is 4. The second kappa shape index (κ2) is 7.61. The van der Waals surface area contributed by atoms with Crippen molar-refractivity contribution >= 4 is 22.8 Å². The number of nitrogens with one attached hydrogen (secondary N) is 1. The monoisotopic (exact) mass is 416 g/mol. The Bertz CT molecular complexity index is 1160. The first kappa shape index (κ1) is 19.4. The molecule has 5 rings (SSSR count). The van der Waals surface area contributed by atoms with Gasteiger partial charge >= 0.3 is 6.09 Å². The molecule has 1 heterocycles. The van der Waals surface area contributed by atoms with Crippen molar-refractivity contribution in [2.45, 2.75) is 31.7 Å². The molecule has 1 aliphatic heterocycles. The highest BCUT2D eigenvalue weighted by Crippen LogP contribution is 2.48. The van der Waals surface area contributed by atoms with Crippen LogP contribution in [0.5, 0.6) is 5.75 Å². The van der Waals surface area contributed by atoms with Crippen molar-refractivity contribution < 1.29 is 19.4 Å². The van der Waals surface area contributed by atoms with Gasteiger partial charge in [0.25, 0.3) is 5.91 Å². The van der Waals surface area contributed by atoms with E-state index in [-0.39, 0.29) is 11.4 Å². The molecular weight excluding hydrogens is 392 g/mol. The van der Waals surface area contributed by atoms with Crippen molar-refractivity contribution in [3.8, 4) is 5.75 Å². The summed E-state index contributed by atoms with van der Waals surface area (Å²) in [4.78, 5) is 36.7. The van der Waals surface area contributed by atoms with Gasteiger partial charge in [-0.2, -0.15) is 0 Å². The second-order valence-corrected chi connectivity index (χ2v) is 8.31. The second-order valence-electron chi connectivity index (χ2n) is 8.31. The van der Waals surface area contributed by atoms with Crippen LogP contribution in [0.3, 0.4) is 0 Å². The topological polar surface area (TPSA) is 67.9 Å². The Morgan fingerprint density at radius 3 is 2.52 bits per heavy atom. The van der Waals surface area contributed by atoms with Crippen LogP contribution in [0.4, 0.5) is 4.79 Å². The number of carbonyl (C=O) groups is 2. The van der Waals surface area contributed by atoms with Crippen molar-refractivity contribution in [3.63, 3.8) is 0 Å². The fraction of sp³-hybridized carbons (Fsp3) is 0.280. The van der Waals surface area contributed by atoms with E-state index in [0.29, 0.717) is 24.4 Å². The first-order chi connectivity index (χ1) is 15.1. The fourth-order valence-corrected chi connectivity index (χ4v) is 4.05. The number of nitrogens with zero attached hydrogens (tertiary/aromatic N) is 1. The number of aryl methyl sites for hydroxylation is 1. The summed E-state index contributed by atoms with van der Waals surface area (Å²) in [6.45, 7) is 3.24. The molecule has 1 aliphatic carbocycles. The first-order valence-electron chi connectivity index (χ1n) is 10.6. The molecule has 2 amide bonds. The Kier molecular flexibility index (Phi) is 4.77. The summed E-state index contributed by atoms with van der Waals surface area (Å²) in [5, 5.41) is 5.58. The Morgan fingerprint density at radius 2 is 1.77 bits per heavy atom. The third kappa shape index (κ3) is 3.69. The standard InChI is InChI=1S/C25H24N2O4/c1-17-10-11-19(30-31-24(29)27-14-5-15-27)16-21(17)23(28)26-25(12-13-25)22-9-4-7-18-6-2-3-8-20(18)22/h2-4,6-11,16H,5,12-15H2,1H3,(H,26,28). The maximum Gasteiger partial charge on any atom is 0.452 e. The minimum atomic E-state index is -0.509. The summed E-state index contributed by atoms with van der Waals surface area (Å²) in [6.07, 6.45) is 2.26. The summed E-state index contributed by atoms with van der Waals surface area (Å²) in [5.41, 5.74) is 2.12. The zero-order valence-electron chi connectivity index (χ0n) is 17.4. The largest absolute Gasteiger partial charge is 0.452 e. The normalized spacial score (nSPS) is 16.4. The van der Waals surface area contributed by atoms with Gasteiger partial charge in [-0.1, -0.05) is 48.5 Å². The maximum absolute atomic E-state index is 13.2. The summed E-state index contributed by atoms with van der Waals surface area (Å²) in [6, 6.07) is 19.5. The molecule has 2 aliphatic rings. The van der Waals surface area contributed by atoms with Crippen LogP contribution in [0.1, 0.15) is 40.7 Å². The molecule has 0 unspecified atom stereocenters. The van der Waals surface area contributed by atoms with Gasteiger partial charge in [0, 0.05) is 18.7 Å². The number of amides is 2. The van der Waals surface area contributed by atoms with Crippen molar-refractivity contribution in [3.05, 3.63) is 77.4 Å². The average molecular weight is 416 g/mol. The summed E-state index contributed by atoms with van der Waals surface area (Å²) in [7, 11) is 0. The van der Waals surface area contributed by atoms with Gasteiger partial charge in [0.2, 0.25) is 0 Å². The van der Waals surface area contributed by atoms with Gasteiger partial charge < -0.3 is 10.2 Å². The quantitative estimate of drug-likeness (QED) is 0.483. The lowest BCUT2D eigenvalue weighted by molar-refractivity contribution is -0.157. The molecule has 31 heavy (non-hydrogen) atoms. The fourth-order valence-electron chi connectivity index (χ4n) is 4.05. The van der Waals surface area contributed by atoms with E-state index in [1.54, 1.807) is 23.1 Å². The van der Waals surface area contributed by atoms with Crippen molar-refractivity contribution in [1.82, 2.24) is 10.2 Å². The van der Waals surface area contributed by atoms with Crippen LogP contribution in [0.15, 0.2) is 60.7 Å². The van der Waals surface area contributed by atoms with Gasteiger partial charge in [0.15, 0.2) is 5.75 Å². The maximum atomic E-state index is 13.2. The van der Waals surface area contributed by atoms with Gasteiger partial charge in [-0.3, -0.25) is 9.68 Å². The Morgan fingerprint density at radius 1 is 1.00 bits per heavy atom. The molecular formula is C25H24N2O4.